The molecule has 0 aliphatic heterocycles. The Kier molecular flexibility index (Phi) is 7.00. The summed E-state index contributed by atoms with van der Waals surface area (Å²) in [5.74, 6) is -1.66. The minimum Gasteiger partial charge on any atom is -0.493 e. The van der Waals surface area contributed by atoms with E-state index in [9.17, 15) is 19.5 Å². The van der Waals surface area contributed by atoms with Gasteiger partial charge < -0.3 is 20.0 Å². The number of pyridine rings is 2. The van der Waals surface area contributed by atoms with E-state index in [4.69, 9.17) is 0 Å². The Morgan fingerprint density at radius 2 is 1.79 bits per heavy atom. The first-order chi connectivity index (χ1) is 18.9. The number of benzene rings is 2. The number of aromatic hydroxyl groups is 1. The highest BCUT2D eigenvalue weighted by Gasteiger charge is 2.25. The molecular weight excluding hydrogens is 496 g/mol. The monoisotopic (exact) mass is 522 g/mol. The molecule has 5 rings (SSSR count). The first-order valence-corrected chi connectivity index (χ1v) is 12.5. The smallest absolute Gasteiger partial charge is 0.287 e. The summed E-state index contributed by atoms with van der Waals surface area (Å²) in [7, 11) is 0. The second kappa shape index (κ2) is 10.7. The number of rotatable bonds is 7. The minimum atomic E-state index is -1.11. The fourth-order valence-electron chi connectivity index (χ4n) is 4.43. The molecule has 5 aromatic rings. The Labute approximate surface area is 223 Å². The maximum atomic E-state index is 13.4. The summed E-state index contributed by atoms with van der Waals surface area (Å²) in [6, 6.07) is 18.5. The van der Waals surface area contributed by atoms with E-state index in [-0.39, 0.29) is 23.6 Å². The normalized spacial score (nSPS) is 12.3. The van der Waals surface area contributed by atoms with E-state index in [0.29, 0.717) is 28.5 Å². The zero-order valence-electron chi connectivity index (χ0n) is 21.4. The van der Waals surface area contributed by atoms with Crippen molar-refractivity contribution in [1.82, 2.24) is 19.9 Å². The molecule has 2 aromatic carbocycles. The first-order valence-electron chi connectivity index (χ1n) is 12.5. The summed E-state index contributed by atoms with van der Waals surface area (Å²) in [6.07, 6.45) is 1.59. The van der Waals surface area contributed by atoms with Crippen LogP contribution in [-0.4, -0.2) is 37.5 Å². The highest BCUT2D eigenvalue weighted by molar-refractivity contribution is 6.00. The topological polar surface area (TPSA) is 142 Å². The van der Waals surface area contributed by atoms with Gasteiger partial charge in [-0.3, -0.25) is 14.4 Å². The van der Waals surface area contributed by atoms with Crippen LogP contribution < -0.4 is 10.7 Å². The Morgan fingerprint density at radius 1 is 1.05 bits per heavy atom. The van der Waals surface area contributed by atoms with Crippen molar-refractivity contribution in [2.45, 2.75) is 32.9 Å². The maximum Gasteiger partial charge on any atom is 0.287 e. The summed E-state index contributed by atoms with van der Waals surface area (Å²) in [5, 5.41) is 21.7. The van der Waals surface area contributed by atoms with E-state index in [1.807, 2.05) is 44.2 Å². The number of aryl methyl sites for hydroxylation is 2. The number of fused-ring (bicyclic) bond motifs is 2. The molecule has 2 amide bonds. The van der Waals surface area contributed by atoms with Crippen LogP contribution in [-0.2, 0) is 17.8 Å². The summed E-state index contributed by atoms with van der Waals surface area (Å²) in [4.78, 5) is 47.1. The molecule has 0 radical (unpaired) electrons. The van der Waals surface area contributed by atoms with Crippen LogP contribution in [0.5, 0.6) is 5.88 Å². The van der Waals surface area contributed by atoms with Gasteiger partial charge in [0.15, 0.2) is 5.69 Å². The van der Waals surface area contributed by atoms with Crippen LogP contribution in [0.2, 0.25) is 0 Å². The fourth-order valence-corrected chi connectivity index (χ4v) is 4.43. The Morgan fingerprint density at radius 3 is 2.56 bits per heavy atom. The van der Waals surface area contributed by atoms with Crippen LogP contribution >= 0.6 is 0 Å². The van der Waals surface area contributed by atoms with E-state index >= 15 is 0 Å². The van der Waals surface area contributed by atoms with Gasteiger partial charge in [-0.05, 0) is 37.6 Å². The number of nitrogens with zero attached hydrogens (tertiary/aromatic N) is 4. The summed E-state index contributed by atoms with van der Waals surface area (Å²) in [5.41, 5.74) is 2.20. The van der Waals surface area contributed by atoms with Crippen molar-refractivity contribution in [1.29, 1.82) is 0 Å². The van der Waals surface area contributed by atoms with Crippen molar-refractivity contribution < 1.29 is 14.7 Å². The van der Waals surface area contributed by atoms with Gasteiger partial charge in [-0.25, -0.2) is 4.98 Å². The van der Waals surface area contributed by atoms with E-state index in [1.165, 1.54) is 6.20 Å². The summed E-state index contributed by atoms with van der Waals surface area (Å²) < 4.78 is 1.73. The van der Waals surface area contributed by atoms with Gasteiger partial charge in [0.05, 0.1) is 10.9 Å². The predicted octanol–water partition coefficient (Wildman–Crippen LogP) is 4.56. The highest BCUT2D eigenvalue weighted by Crippen LogP contribution is 2.35. The molecule has 0 fully saturated rings. The molecular formula is C29H26N6O4. The molecule has 0 bridgehead atoms. The summed E-state index contributed by atoms with van der Waals surface area (Å²) >= 11 is 0. The average Bonchev–Trinajstić information content (AvgIpc) is 3.26. The van der Waals surface area contributed by atoms with Crippen LogP contribution in [0.25, 0.3) is 21.9 Å². The molecule has 39 heavy (non-hydrogen) atoms. The van der Waals surface area contributed by atoms with Gasteiger partial charge in [-0.15, -0.1) is 10.2 Å². The van der Waals surface area contributed by atoms with E-state index < -0.39 is 23.3 Å². The Bertz CT molecular complexity index is 1790. The molecule has 0 saturated heterocycles. The fraction of sp³-hybridized carbons (Fsp3) is 0.172. The third-order valence-corrected chi connectivity index (χ3v) is 6.44. The summed E-state index contributed by atoms with van der Waals surface area (Å²) in [6.45, 7) is 4.20. The number of carbonyl (C=O) groups excluding carboxylic acids is 2. The number of azo groups is 1. The lowest BCUT2D eigenvalue weighted by Crippen LogP contribution is -2.43. The number of H-pyrrole nitrogens is 1. The zero-order valence-corrected chi connectivity index (χ0v) is 21.4. The van der Waals surface area contributed by atoms with E-state index in [1.54, 1.807) is 41.0 Å². The Hall–Kier alpha value is -5.12. The number of nitrogens with one attached hydrogen (secondary N) is 2. The van der Waals surface area contributed by atoms with Gasteiger partial charge in [-0.2, -0.15) is 0 Å². The van der Waals surface area contributed by atoms with Gasteiger partial charge >= 0.3 is 0 Å². The number of hydrogen-bond donors (Lipinski definition) is 3. The Balaban J connectivity index is 1.48. The lowest BCUT2D eigenvalue weighted by Gasteiger charge is -2.16. The second-order valence-electron chi connectivity index (χ2n) is 9.10. The van der Waals surface area contributed by atoms with E-state index in [0.717, 1.165) is 11.3 Å². The molecule has 0 spiro atoms. The molecule has 10 nitrogen and oxygen atoms in total. The third-order valence-electron chi connectivity index (χ3n) is 6.44. The molecule has 3 N–H and O–H groups in total. The molecule has 0 aliphatic rings. The van der Waals surface area contributed by atoms with Crippen molar-refractivity contribution in [3.05, 3.63) is 100.0 Å². The number of para-hydroxylation sites is 1. The molecule has 0 aliphatic carbocycles. The average molecular weight is 523 g/mol. The lowest BCUT2D eigenvalue weighted by molar-refractivity contribution is -0.120. The number of carbonyl (C=O) groups is 2. The minimum absolute atomic E-state index is 0.105. The van der Waals surface area contributed by atoms with Crippen molar-refractivity contribution in [3.8, 4) is 5.88 Å². The van der Waals surface area contributed by atoms with Gasteiger partial charge in [0.25, 0.3) is 11.8 Å². The second-order valence-corrected chi connectivity index (χ2v) is 9.10. The van der Waals surface area contributed by atoms with Gasteiger partial charge in [0.1, 0.15) is 17.3 Å². The highest BCUT2D eigenvalue weighted by atomic mass is 16.3. The lowest BCUT2D eigenvalue weighted by atomic mass is 10.0. The number of aromatic nitrogens is 3. The zero-order chi connectivity index (χ0) is 27.5. The van der Waals surface area contributed by atoms with Gasteiger partial charge in [-0.1, -0.05) is 48.5 Å². The van der Waals surface area contributed by atoms with Crippen LogP contribution in [0.1, 0.15) is 28.5 Å². The molecule has 0 saturated carbocycles. The number of aromatic amines is 1. The van der Waals surface area contributed by atoms with Crippen LogP contribution in [0, 0.1) is 6.92 Å². The van der Waals surface area contributed by atoms with Crippen molar-refractivity contribution in [2.75, 3.05) is 0 Å². The van der Waals surface area contributed by atoms with Crippen molar-refractivity contribution in [3.63, 3.8) is 0 Å². The molecule has 1 unspecified atom stereocenters. The quantitative estimate of drug-likeness (QED) is 0.269. The SMILES string of the molecule is CCn1cc(C(=O)NC(Cc2ccccc2)C(=O)N=Nc2c(O)[nH]c3ccccc23)c(=O)c2ccc(C)nc21. The number of hydrogen-bond acceptors (Lipinski definition) is 6. The number of amides is 2. The largest absolute Gasteiger partial charge is 0.493 e. The van der Waals surface area contributed by atoms with Gasteiger partial charge in [0, 0.05) is 30.2 Å². The molecule has 10 heteroatoms. The van der Waals surface area contributed by atoms with Crippen LogP contribution in [0.3, 0.4) is 0 Å². The van der Waals surface area contributed by atoms with Crippen LogP contribution in [0.4, 0.5) is 5.69 Å². The van der Waals surface area contributed by atoms with Crippen LogP contribution in [0.15, 0.2) is 87.9 Å². The first kappa shape index (κ1) is 25.5. The van der Waals surface area contributed by atoms with E-state index in [2.05, 4.69) is 25.5 Å². The predicted molar refractivity (Wildman–Crippen MR) is 147 cm³/mol. The molecule has 3 heterocycles. The third kappa shape index (κ3) is 5.17. The van der Waals surface area contributed by atoms with Gasteiger partial charge in [0.2, 0.25) is 11.3 Å². The van der Waals surface area contributed by atoms with Crippen molar-refractivity contribution >= 4 is 39.4 Å². The maximum absolute atomic E-state index is 13.4. The molecule has 196 valence electrons. The molecule has 1 atom stereocenters. The molecule has 3 aromatic heterocycles. The standard InChI is InChI=1S/C29H26N6O4/c1-3-35-16-21(25(36)20-14-13-17(2)30-26(20)35)27(37)32-23(15-18-9-5-4-6-10-18)28(38)34-33-24-19-11-7-8-12-22(19)31-29(24)39/h4-14,16,23,31,39H,3,15H2,1-2H3,(H,32,37). The van der Waals surface area contributed by atoms with Crippen molar-refractivity contribution in [2.24, 2.45) is 10.2 Å².